The van der Waals surface area contributed by atoms with E-state index in [0.717, 1.165) is 28.7 Å². The van der Waals surface area contributed by atoms with E-state index in [1.807, 2.05) is 52.0 Å². The molecule has 0 radical (unpaired) electrons. The lowest BCUT2D eigenvalue weighted by atomic mass is 9.87. The Morgan fingerprint density at radius 2 is 1.92 bits per heavy atom. The summed E-state index contributed by atoms with van der Waals surface area (Å²) in [5.41, 5.74) is 8.66. The second kappa shape index (κ2) is 6.63. The molecule has 2 aromatic carbocycles. The largest absolute Gasteiger partial charge is 0.491 e. The van der Waals surface area contributed by atoms with Gasteiger partial charge in [0.2, 0.25) is 0 Å². The summed E-state index contributed by atoms with van der Waals surface area (Å²) in [6.07, 6.45) is -0.437. The average Bonchev–Trinajstić information content (AvgIpc) is 2.75. The van der Waals surface area contributed by atoms with Gasteiger partial charge in [0.1, 0.15) is 17.7 Å². The Morgan fingerprint density at radius 1 is 1.19 bits per heavy atom. The van der Waals surface area contributed by atoms with Gasteiger partial charge in [-0.3, -0.25) is 0 Å². The molecule has 5 heteroatoms. The first-order chi connectivity index (χ1) is 12.2. The standard InChI is InChI=1S/C21H24FNO3/c1-12(2)25-17-9-14(8-16(22)10-17)13-5-6-18-15(7-13)11-21(3,4)19(18)26-20(23)24/h5-10,12,19H,11H2,1-4H3,(H2,23,24)/t19-/m0/s1. The maximum atomic E-state index is 14.0. The topological polar surface area (TPSA) is 61.6 Å². The Morgan fingerprint density at radius 3 is 2.58 bits per heavy atom. The minimum absolute atomic E-state index is 0.0304. The molecule has 1 atom stereocenters. The molecule has 26 heavy (non-hydrogen) atoms. The summed E-state index contributed by atoms with van der Waals surface area (Å²) in [5.74, 6) is 0.166. The molecule has 3 rings (SSSR count). The average molecular weight is 357 g/mol. The molecule has 1 amide bonds. The third-order valence-corrected chi connectivity index (χ3v) is 4.59. The van der Waals surface area contributed by atoms with E-state index in [1.54, 1.807) is 0 Å². The van der Waals surface area contributed by atoms with E-state index in [4.69, 9.17) is 15.2 Å². The molecule has 0 fully saturated rings. The monoisotopic (exact) mass is 357 g/mol. The van der Waals surface area contributed by atoms with E-state index in [0.29, 0.717) is 5.75 Å². The Kier molecular flexibility index (Phi) is 4.65. The Labute approximate surface area is 153 Å². The van der Waals surface area contributed by atoms with Crippen LogP contribution in [0.5, 0.6) is 5.75 Å². The number of carbonyl (C=O) groups is 1. The lowest BCUT2D eigenvalue weighted by Gasteiger charge is -2.26. The fraction of sp³-hybridized carbons (Fsp3) is 0.381. The van der Waals surface area contributed by atoms with Crippen molar-refractivity contribution in [2.75, 3.05) is 0 Å². The smallest absolute Gasteiger partial charge is 0.405 e. The second-order valence-electron chi connectivity index (χ2n) is 7.74. The number of halogens is 1. The summed E-state index contributed by atoms with van der Waals surface area (Å²) in [5, 5.41) is 0. The van der Waals surface area contributed by atoms with Gasteiger partial charge in [0.15, 0.2) is 0 Å². The highest BCUT2D eigenvalue weighted by Crippen LogP contribution is 2.48. The van der Waals surface area contributed by atoms with Gasteiger partial charge in [-0.25, -0.2) is 9.18 Å². The lowest BCUT2D eigenvalue weighted by Crippen LogP contribution is -2.25. The number of amides is 1. The Balaban J connectivity index is 1.98. The van der Waals surface area contributed by atoms with Gasteiger partial charge in [0.05, 0.1) is 6.10 Å². The summed E-state index contributed by atoms with van der Waals surface area (Å²) in [6, 6.07) is 10.6. The van der Waals surface area contributed by atoms with E-state index < -0.39 is 6.09 Å². The first kappa shape index (κ1) is 18.2. The van der Waals surface area contributed by atoms with Crippen molar-refractivity contribution < 1.29 is 18.7 Å². The predicted octanol–water partition coefficient (Wildman–Crippen LogP) is 5.00. The van der Waals surface area contributed by atoms with Crippen molar-refractivity contribution in [1.29, 1.82) is 0 Å². The Hall–Kier alpha value is -2.56. The summed E-state index contributed by atoms with van der Waals surface area (Å²) in [4.78, 5) is 11.2. The normalized spacial score (nSPS) is 17.8. The highest BCUT2D eigenvalue weighted by molar-refractivity contribution is 5.68. The van der Waals surface area contributed by atoms with Crippen molar-refractivity contribution in [2.45, 2.75) is 46.3 Å². The molecule has 0 saturated carbocycles. The van der Waals surface area contributed by atoms with E-state index >= 15 is 0 Å². The zero-order valence-electron chi connectivity index (χ0n) is 15.5. The summed E-state index contributed by atoms with van der Waals surface area (Å²) >= 11 is 0. The zero-order valence-corrected chi connectivity index (χ0v) is 15.5. The van der Waals surface area contributed by atoms with Gasteiger partial charge in [-0.05, 0) is 54.7 Å². The zero-order chi connectivity index (χ0) is 19.1. The van der Waals surface area contributed by atoms with Crippen LogP contribution in [-0.2, 0) is 11.2 Å². The van der Waals surface area contributed by atoms with Crippen LogP contribution in [-0.4, -0.2) is 12.2 Å². The SMILES string of the molecule is CC(C)Oc1cc(F)cc(-c2ccc3c(c2)CC(C)(C)[C@H]3OC(N)=O)c1. The number of benzene rings is 2. The fourth-order valence-corrected chi connectivity index (χ4v) is 3.61. The molecule has 0 aliphatic heterocycles. The van der Waals surface area contributed by atoms with Gasteiger partial charge in [-0.1, -0.05) is 32.0 Å². The molecule has 2 N–H and O–H groups in total. The van der Waals surface area contributed by atoms with Crippen LogP contribution in [0.2, 0.25) is 0 Å². The van der Waals surface area contributed by atoms with Crippen molar-refractivity contribution in [3.8, 4) is 16.9 Å². The molecular formula is C21H24FNO3. The molecular weight excluding hydrogens is 333 g/mol. The van der Waals surface area contributed by atoms with E-state index in [1.165, 1.54) is 12.1 Å². The summed E-state index contributed by atoms with van der Waals surface area (Å²) in [6.45, 7) is 7.88. The molecule has 0 unspecified atom stereocenters. The minimum Gasteiger partial charge on any atom is -0.491 e. The molecule has 0 spiro atoms. The van der Waals surface area contributed by atoms with Gasteiger partial charge in [0.25, 0.3) is 0 Å². The highest BCUT2D eigenvalue weighted by atomic mass is 19.1. The second-order valence-corrected chi connectivity index (χ2v) is 7.74. The fourth-order valence-electron chi connectivity index (χ4n) is 3.61. The number of nitrogens with two attached hydrogens (primary N) is 1. The first-order valence-corrected chi connectivity index (χ1v) is 8.72. The van der Waals surface area contributed by atoms with Crippen molar-refractivity contribution in [3.63, 3.8) is 0 Å². The molecule has 0 saturated heterocycles. The molecule has 1 aliphatic carbocycles. The quantitative estimate of drug-likeness (QED) is 0.838. The molecule has 2 aromatic rings. The maximum absolute atomic E-state index is 14.0. The highest BCUT2D eigenvalue weighted by Gasteiger charge is 2.41. The summed E-state index contributed by atoms with van der Waals surface area (Å²) < 4.78 is 25.0. The molecule has 1 aliphatic rings. The van der Waals surface area contributed by atoms with Crippen molar-refractivity contribution in [2.24, 2.45) is 11.1 Å². The molecule has 0 aromatic heterocycles. The van der Waals surface area contributed by atoms with E-state index in [2.05, 4.69) is 0 Å². The maximum Gasteiger partial charge on any atom is 0.405 e. The van der Waals surface area contributed by atoms with Crippen molar-refractivity contribution >= 4 is 6.09 Å². The van der Waals surface area contributed by atoms with Gasteiger partial charge >= 0.3 is 6.09 Å². The van der Waals surface area contributed by atoms with Gasteiger partial charge in [0, 0.05) is 11.5 Å². The molecule has 138 valence electrons. The van der Waals surface area contributed by atoms with Crippen LogP contribution in [0.3, 0.4) is 0 Å². The van der Waals surface area contributed by atoms with Crippen LogP contribution in [0, 0.1) is 11.2 Å². The number of rotatable bonds is 4. The van der Waals surface area contributed by atoms with Crippen LogP contribution in [0.25, 0.3) is 11.1 Å². The number of hydrogen-bond acceptors (Lipinski definition) is 3. The van der Waals surface area contributed by atoms with Crippen LogP contribution in [0.1, 0.15) is 44.9 Å². The van der Waals surface area contributed by atoms with E-state index in [-0.39, 0.29) is 23.4 Å². The molecule has 0 bridgehead atoms. The predicted molar refractivity (Wildman–Crippen MR) is 98.5 cm³/mol. The van der Waals surface area contributed by atoms with Crippen LogP contribution in [0.4, 0.5) is 9.18 Å². The van der Waals surface area contributed by atoms with Crippen LogP contribution < -0.4 is 10.5 Å². The number of fused-ring (bicyclic) bond motifs is 1. The minimum atomic E-state index is -0.777. The van der Waals surface area contributed by atoms with Gasteiger partial charge in [-0.2, -0.15) is 0 Å². The van der Waals surface area contributed by atoms with E-state index in [9.17, 15) is 9.18 Å². The van der Waals surface area contributed by atoms with Crippen molar-refractivity contribution in [3.05, 3.63) is 53.3 Å². The van der Waals surface area contributed by atoms with Gasteiger partial charge in [-0.15, -0.1) is 0 Å². The third-order valence-electron chi connectivity index (χ3n) is 4.59. The van der Waals surface area contributed by atoms with Crippen molar-refractivity contribution in [1.82, 2.24) is 0 Å². The first-order valence-electron chi connectivity index (χ1n) is 8.72. The number of hydrogen-bond donors (Lipinski definition) is 1. The third kappa shape index (κ3) is 3.66. The number of primary amides is 1. The molecule has 0 heterocycles. The van der Waals surface area contributed by atoms with Crippen LogP contribution in [0.15, 0.2) is 36.4 Å². The van der Waals surface area contributed by atoms with Crippen LogP contribution >= 0.6 is 0 Å². The lowest BCUT2D eigenvalue weighted by molar-refractivity contribution is 0.0392. The van der Waals surface area contributed by atoms with Gasteiger partial charge < -0.3 is 15.2 Å². The Bertz CT molecular complexity index is 845. The summed E-state index contributed by atoms with van der Waals surface area (Å²) in [7, 11) is 0. The number of carbonyl (C=O) groups excluding carboxylic acids is 1. The molecule has 4 nitrogen and oxygen atoms in total. The number of ether oxygens (including phenoxy) is 2.